The van der Waals surface area contributed by atoms with Gasteiger partial charge in [0, 0.05) is 12.8 Å². The van der Waals surface area contributed by atoms with Crippen LogP contribution in [-0.4, -0.2) is 89.0 Å². The summed E-state index contributed by atoms with van der Waals surface area (Å²) in [6.45, 7) is 3.22. The Kier molecular flexibility index (Phi) is 18.8. The smallest absolute Gasteiger partial charge is 0.306 e. The quantitative estimate of drug-likeness (QED) is 0.128. The van der Waals surface area contributed by atoms with E-state index in [1.165, 1.54) is 12.8 Å². The Labute approximate surface area is 221 Å². The van der Waals surface area contributed by atoms with Gasteiger partial charge in [-0.2, -0.15) is 0 Å². The highest BCUT2D eigenvalue weighted by Crippen LogP contribution is 2.22. The highest BCUT2D eigenvalue weighted by molar-refractivity contribution is 5.70. The molecule has 1 heterocycles. The van der Waals surface area contributed by atoms with Gasteiger partial charge in [0.05, 0.1) is 13.2 Å². The molecule has 6 atom stereocenters. The number of unbranched alkanes of at least 4 members (excludes halogenated alkanes) is 10. The minimum Gasteiger partial charge on any atom is -0.462 e. The summed E-state index contributed by atoms with van der Waals surface area (Å²) in [7, 11) is 0. The normalized spacial score (nSPS) is 24.5. The van der Waals surface area contributed by atoms with E-state index in [2.05, 4.69) is 13.8 Å². The lowest BCUT2D eigenvalue weighted by Gasteiger charge is -2.39. The second-order valence-corrected chi connectivity index (χ2v) is 9.86. The van der Waals surface area contributed by atoms with Gasteiger partial charge in [0.2, 0.25) is 0 Å². The van der Waals surface area contributed by atoms with Crippen LogP contribution < -0.4 is 0 Å². The van der Waals surface area contributed by atoms with E-state index in [1.807, 2.05) is 0 Å². The van der Waals surface area contributed by atoms with E-state index in [1.54, 1.807) is 0 Å². The van der Waals surface area contributed by atoms with E-state index in [0.29, 0.717) is 6.42 Å². The third-order valence-corrected chi connectivity index (χ3v) is 6.49. The van der Waals surface area contributed by atoms with Crippen LogP contribution in [0.15, 0.2) is 0 Å². The standard InChI is InChI=1S/C27H50O10/c1-3-5-7-9-11-13-15-22(29)34-18-20(36-23(30)16-14-12-10-8-6-4-2)19-35-27-26(33)25(32)24(31)21(17-28)37-27/h20-21,24-28,31-33H,3-19H2,1-2H3. The van der Waals surface area contributed by atoms with Crippen molar-refractivity contribution in [1.29, 1.82) is 0 Å². The fourth-order valence-electron chi connectivity index (χ4n) is 4.13. The third kappa shape index (κ3) is 14.4. The molecule has 1 rings (SSSR count). The van der Waals surface area contributed by atoms with E-state index in [0.717, 1.165) is 57.8 Å². The SMILES string of the molecule is CCCCCCCCC(=O)OCC(COC1OC(CO)C(O)C(O)C1O)OC(=O)CCCCCCCC. The van der Waals surface area contributed by atoms with Crippen LogP contribution in [0.2, 0.25) is 0 Å². The molecule has 0 aliphatic carbocycles. The van der Waals surface area contributed by atoms with Gasteiger partial charge in [0.15, 0.2) is 12.4 Å². The number of rotatable bonds is 21. The van der Waals surface area contributed by atoms with Gasteiger partial charge >= 0.3 is 11.9 Å². The highest BCUT2D eigenvalue weighted by atomic mass is 16.7. The predicted octanol–water partition coefficient (Wildman–Crippen LogP) is 2.76. The summed E-state index contributed by atoms with van der Waals surface area (Å²) in [6.07, 6.45) is 4.80. The molecule has 10 nitrogen and oxygen atoms in total. The molecule has 0 radical (unpaired) electrons. The fraction of sp³-hybridized carbons (Fsp3) is 0.926. The number of aliphatic hydroxyl groups excluding tert-OH is 4. The molecule has 1 aliphatic heterocycles. The molecule has 1 saturated heterocycles. The van der Waals surface area contributed by atoms with E-state index in [4.69, 9.17) is 18.9 Å². The molecule has 0 aromatic rings. The average molecular weight is 535 g/mol. The minimum absolute atomic E-state index is 0.214. The van der Waals surface area contributed by atoms with Crippen molar-refractivity contribution < 1.29 is 49.0 Å². The van der Waals surface area contributed by atoms with Crippen molar-refractivity contribution in [2.45, 2.75) is 141 Å². The first-order chi connectivity index (χ1) is 17.8. The number of carbonyl (C=O) groups excluding carboxylic acids is 2. The van der Waals surface area contributed by atoms with Crippen molar-refractivity contribution in [1.82, 2.24) is 0 Å². The Morgan fingerprint density at radius 3 is 1.84 bits per heavy atom. The Hall–Kier alpha value is -1.30. The summed E-state index contributed by atoms with van der Waals surface area (Å²) in [5.41, 5.74) is 0. The van der Waals surface area contributed by atoms with Crippen molar-refractivity contribution in [2.24, 2.45) is 0 Å². The summed E-state index contributed by atoms with van der Waals surface area (Å²) >= 11 is 0. The van der Waals surface area contributed by atoms with Crippen molar-refractivity contribution >= 4 is 11.9 Å². The van der Waals surface area contributed by atoms with Gasteiger partial charge in [-0.15, -0.1) is 0 Å². The van der Waals surface area contributed by atoms with Crippen LogP contribution >= 0.6 is 0 Å². The molecule has 10 heteroatoms. The molecule has 0 saturated carbocycles. The van der Waals surface area contributed by atoms with Crippen LogP contribution in [0.3, 0.4) is 0 Å². The van der Waals surface area contributed by atoms with Crippen LogP contribution in [-0.2, 0) is 28.5 Å². The maximum absolute atomic E-state index is 12.4. The first-order valence-electron chi connectivity index (χ1n) is 14.1. The Bertz CT molecular complexity index is 600. The fourth-order valence-corrected chi connectivity index (χ4v) is 4.13. The molecule has 0 aromatic heterocycles. The number of ether oxygens (including phenoxy) is 4. The Morgan fingerprint density at radius 2 is 1.27 bits per heavy atom. The first-order valence-corrected chi connectivity index (χ1v) is 14.1. The third-order valence-electron chi connectivity index (χ3n) is 6.49. The van der Waals surface area contributed by atoms with Crippen molar-refractivity contribution in [3.63, 3.8) is 0 Å². The number of hydrogen-bond donors (Lipinski definition) is 4. The molecular formula is C27H50O10. The van der Waals surface area contributed by atoms with Gasteiger partial charge in [0.1, 0.15) is 31.0 Å². The molecular weight excluding hydrogens is 484 g/mol. The van der Waals surface area contributed by atoms with E-state index < -0.39 is 49.4 Å². The van der Waals surface area contributed by atoms with Crippen LogP contribution in [0.1, 0.15) is 104 Å². The Balaban J connectivity index is 2.55. The van der Waals surface area contributed by atoms with E-state index >= 15 is 0 Å². The topological polar surface area (TPSA) is 152 Å². The maximum atomic E-state index is 12.4. The molecule has 1 fully saturated rings. The number of esters is 2. The van der Waals surface area contributed by atoms with Crippen LogP contribution in [0.4, 0.5) is 0 Å². The van der Waals surface area contributed by atoms with Gasteiger partial charge in [-0.1, -0.05) is 78.1 Å². The molecule has 1 aliphatic rings. The molecule has 6 unspecified atom stereocenters. The molecule has 37 heavy (non-hydrogen) atoms. The zero-order valence-corrected chi connectivity index (χ0v) is 22.7. The lowest BCUT2D eigenvalue weighted by atomic mass is 9.99. The molecule has 0 spiro atoms. The van der Waals surface area contributed by atoms with Crippen LogP contribution in [0, 0.1) is 0 Å². The lowest BCUT2D eigenvalue weighted by molar-refractivity contribution is -0.305. The first kappa shape index (κ1) is 33.7. The summed E-state index contributed by atoms with van der Waals surface area (Å²) < 4.78 is 21.7. The minimum atomic E-state index is -1.58. The zero-order chi connectivity index (χ0) is 27.5. The van der Waals surface area contributed by atoms with Gasteiger partial charge in [-0.3, -0.25) is 9.59 Å². The summed E-state index contributed by atoms with van der Waals surface area (Å²) in [4.78, 5) is 24.6. The molecule has 0 bridgehead atoms. The maximum Gasteiger partial charge on any atom is 0.306 e. The van der Waals surface area contributed by atoms with Gasteiger partial charge in [-0.05, 0) is 12.8 Å². The number of hydrogen-bond acceptors (Lipinski definition) is 10. The molecule has 4 N–H and O–H groups in total. The van der Waals surface area contributed by atoms with Gasteiger partial charge < -0.3 is 39.4 Å². The summed E-state index contributed by atoms with van der Waals surface area (Å²) in [5.74, 6) is -0.829. The Morgan fingerprint density at radius 1 is 0.730 bits per heavy atom. The van der Waals surface area contributed by atoms with E-state index in [9.17, 15) is 30.0 Å². The highest BCUT2D eigenvalue weighted by Gasteiger charge is 2.44. The van der Waals surface area contributed by atoms with Crippen molar-refractivity contribution in [2.75, 3.05) is 19.8 Å². The average Bonchev–Trinajstić information content (AvgIpc) is 2.89. The van der Waals surface area contributed by atoms with Gasteiger partial charge in [-0.25, -0.2) is 0 Å². The lowest BCUT2D eigenvalue weighted by Crippen LogP contribution is -2.59. The van der Waals surface area contributed by atoms with Crippen molar-refractivity contribution in [3.05, 3.63) is 0 Å². The largest absolute Gasteiger partial charge is 0.462 e. The van der Waals surface area contributed by atoms with E-state index in [-0.39, 0.29) is 32.0 Å². The number of carbonyl (C=O) groups is 2. The summed E-state index contributed by atoms with van der Waals surface area (Å²) in [5, 5.41) is 39.4. The molecule has 218 valence electrons. The number of aliphatic hydroxyl groups is 4. The van der Waals surface area contributed by atoms with Crippen molar-refractivity contribution in [3.8, 4) is 0 Å². The molecule has 0 amide bonds. The van der Waals surface area contributed by atoms with Gasteiger partial charge in [0.25, 0.3) is 0 Å². The monoisotopic (exact) mass is 534 g/mol. The summed E-state index contributed by atoms with van der Waals surface area (Å²) in [6, 6.07) is 0. The zero-order valence-electron chi connectivity index (χ0n) is 22.7. The van der Waals surface area contributed by atoms with Crippen LogP contribution in [0.5, 0.6) is 0 Å². The molecule has 0 aromatic carbocycles. The second-order valence-electron chi connectivity index (χ2n) is 9.86. The van der Waals surface area contributed by atoms with Crippen LogP contribution in [0.25, 0.3) is 0 Å². The predicted molar refractivity (Wildman–Crippen MR) is 137 cm³/mol. The second kappa shape index (κ2) is 20.6.